The van der Waals surface area contributed by atoms with E-state index in [-0.39, 0.29) is 11.9 Å². The molecule has 0 bridgehead atoms. The molecule has 100 valence electrons. The summed E-state index contributed by atoms with van der Waals surface area (Å²) in [6.45, 7) is 0. The smallest absolute Gasteiger partial charge is 0.224 e. The quantitative estimate of drug-likeness (QED) is 0.791. The maximum atomic E-state index is 12.1. The Labute approximate surface area is 112 Å². The van der Waals surface area contributed by atoms with Crippen LogP contribution in [0.15, 0.2) is 30.5 Å². The summed E-state index contributed by atoms with van der Waals surface area (Å²) >= 11 is 0. The molecule has 1 saturated carbocycles. The average molecular weight is 257 g/mol. The first-order chi connectivity index (χ1) is 9.24. The number of aromatic amines is 1. The molecule has 3 rings (SSSR count). The zero-order valence-corrected chi connectivity index (χ0v) is 10.9. The zero-order chi connectivity index (χ0) is 13.2. The summed E-state index contributed by atoms with van der Waals surface area (Å²) in [5.41, 5.74) is 7.92. The molecular weight excluding hydrogens is 238 g/mol. The van der Waals surface area contributed by atoms with Gasteiger partial charge in [-0.15, -0.1) is 0 Å². The zero-order valence-electron chi connectivity index (χ0n) is 10.9. The number of fused-ring (bicyclic) bond motifs is 1. The van der Waals surface area contributed by atoms with Crippen molar-refractivity contribution in [1.29, 1.82) is 0 Å². The number of hydrogen-bond acceptors (Lipinski definition) is 2. The molecular formula is C15H19N3O. The Morgan fingerprint density at radius 1 is 1.37 bits per heavy atom. The number of amides is 1. The van der Waals surface area contributed by atoms with Crippen LogP contribution in [0.25, 0.3) is 10.9 Å². The Bertz CT molecular complexity index is 590. The van der Waals surface area contributed by atoms with E-state index in [0.717, 1.165) is 35.9 Å². The Balaban J connectivity index is 1.70. The second-order valence-electron chi connectivity index (χ2n) is 5.35. The molecule has 1 aliphatic carbocycles. The van der Waals surface area contributed by atoms with Gasteiger partial charge >= 0.3 is 0 Å². The van der Waals surface area contributed by atoms with E-state index >= 15 is 0 Å². The highest BCUT2D eigenvalue weighted by atomic mass is 16.1. The van der Waals surface area contributed by atoms with Crippen molar-refractivity contribution in [1.82, 2.24) is 4.98 Å². The first-order valence-corrected chi connectivity index (χ1v) is 6.85. The van der Waals surface area contributed by atoms with Crippen LogP contribution in [-0.4, -0.2) is 16.9 Å². The monoisotopic (exact) mass is 257 g/mol. The van der Waals surface area contributed by atoms with Gasteiger partial charge in [0.25, 0.3) is 0 Å². The summed E-state index contributed by atoms with van der Waals surface area (Å²) in [5, 5.41) is 4.05. The van der Waals surface area contributed by atoms with Gasteiger partial charge in [-0.2, -0.15) is 0 Å². The Hall–Kier alpha value is -1.81. The number of nitrogens with one attached hydrogen (secondary N) is 2. The first kappa shape index (κ1) is 12.2. The number of carbonyl (C=O) groups is 1. The molecule has 2 aromatic rings. The van der Waals surface area contributed by atoms with Crippen LogP contribution >= 0.6 is 0 Å². The van der Waals surface area contributed by atoms with Crippen LogP contribution in [0.2, 0.25) is 0 Å². The summed E-state index contributed by atoms with van der Waals surface area (Å²) in [4.78, 5) is 15.2. The van der Waals surface area contributed by atoms with Crippen molar-refractivity contribution in [3.63, 3.8) is 0 Å². The molecule has 4 N–H and O–H groups in total. The molecule has 1 aliphatic rings. The van der Waals surface area contributed by atoms with Crippen LogP contribution in [0, 0.1) is 5.92 Å². The molecule has 0 spiro atoms. The largest absolute Gasteiger partial charge is 0.361 e. The van der Waals surface area contributed by atoms with Crippen molar-refractivity contribution in [3.8, 4) is 0 Å². The molecule has 4 heteroatoms. The minimum atomic E-state index is 0.0658. The van der Waals surface area contributed by atoms with Gasteiger partial charge < -0.3 is 16.0 Å². The summed E-state index contributed by atoms with van der Waals surface area (Å²) < 4.78 is 0. The lowest BCUT2D eigenvalue weighted by atomic mass is 10.00. The number of rotatable bonds is 3. The summed E-state index contributed by atoms with van der Waals surface area (Å²) in [7, 11) is 0. The van der Waals surface area contributed by atoms with Gasteiger partial charge in [-0.25, -0.2) is 0 Å². The van der Waals surface area contributed by atoms with E-state index < -0.39 is 0 Å². The fourth-order valence-electron chi connectivity index (χ4n) is 2.95. The van der Waals surface area contributed by atoms with E-state index in [2.05, 4.69) is 10.3 Å². The van der Waals surface area contributed by atoms with Crippen molar-refractivity contribution >= 4 is 22.5 Å². The Morgan fingerprint density at radius 3 is 3.05 bits per heavy atom. The van der Waals surface area contributed by atoms with Crippen molar-refractivity contribution in [2.45, 2.75) is 31.7 Å². The van der Waals surface area contributed by atoms with Crippen molar-refractivity contribution in [2.24, 2.45) is 11.7 Å². The molecule has 1 amide bonds. The van der Waals surface area contributed by atoms with Gasteiger partial charge in [-0.3, -0.25) is 4.79 Å². The molecule has 0 aliphatic heterocycles. The molecule has 1 fully saturated rings. The van der Waals surface area contributed by atoms with E-state index in [1.165, 1.54) is 0 Å². The van der Waals surface area contributed by atoms with Gasteiger partial charge in [-0.05, 0) is 37.0 Å². The van der Waals surface area contributed by atoms with Crippen molar-refractivity contribution < 1.29 is 4.79 Å². The van der Waals surface area contributed by atoms with Crippen LogP contribution in [0.5, 0.6) is 0 Å². The topological polar surface area (TPSA) is 70.9 Å². The lowest BCUT2D eigenvalue weighted by Gasteiger charge is -2.15. The number of hydrogen-bond donors (Lipinski definition) is 3. The molecule has 2 atom stereocenters. The Kier molecular flexibility index (Phi) is 3.25. The number of H-pyrrole nitrogens is 1. The van der Waals surface area contributed by atoms with Crippen LogP contribution in [-0.2, 0) is 4.79 Å². The predicted molar refractivity (Wildman–Crippen MR) is 76.9 cm³/mol. The van der Waals surface area contributed by atoms with Gasteiger partial charge in [0.1, 0.15) is 0 Å². The molecule has 1 heterocycles. The average Bonchev–Trinajstić information content (AvgIpc) is 3.00. The van der Waals surface area contributed by atoms with E-state index in [9.17, 15) is 4.79 Å². The fraction of sp³-hybridized carbons (Fsp3) is 0.400. The lowest BCUT2D eigenvalue weighted by Crippen LogP contribution is -2.28. The van der Waals surface area contributed by atoms with E-state index in [0.29, 0.717) is 12.3 Å². The molecule has 0 radical (unpaired) electrons. The summed E-state index contributed by atoms with van der Waals surface area (Å²) in [6, 6.07) is 8.04. The fourth-order valence-corrected chi connectivity index (χ4v) is 2.95. The highest BCUT2D eigenvalue weighted by molar-refractivity contribution is 6.01. The molecule has 19 heavy (non-hydrogen) atoms. The summed E-state index contributed by atoms with van der Waals surface area (Å²) in [5.74, 6) is 0.404. The Morgan fingerprint density at radius 2 is 2.26 bits per heavy atom. The summed E-state index contributed by atoms with van der Waals surface area (Å²) in [6.07, 6.45) is 5.68. The van der Waals surface area contributed by atoms with E-state index in [4.69, 9.17) is 5.73 Å². The van der Waals surface area contributed by atoms with Gasteiger partial charge in [0.2, 0.25) is 5.91 Å². The first-order valence-electron chi connectivity index (χ1n) is 6.85. The minimum absolute atomic E-state index is 0.0658. The third kappa shape index (κ3) is 2.49. The van der Waals surface area contributed by atoms with Gasteiger partial charge in [0.05, 0.1) is 5.69 Å². The van der Waals surface area contributed by atoms with Crippen molar-refractivity contribution in [3.05, 3.63) is 30.5 Å². The number of aromatic nitrogens is 1. The number of carbonyl (C=O) groups excluding carboxylic acids is 1. The number of nitrogens with two attached hydrogens (primary N) is 1. The molecule has 1 aromatic carbocycles. The van der Waals surface area contributed by atoms with Gasteiger partial charge in [0, 0.05) is 29.6 Å². The van der Waals surface area contributed by atoms with Crippen molar-refractivity contribution in [2.75, 3.05) is 5.32 Å². The third-order valence-corrected chi connectivity index (χ3v) is 4.03. The van der Waals surface area contributed by atoms with Crippen LogP contribution < -0.4 is 11.1 Å². The standard InChI is InChI=1S/C15H19N3O/c16-12-4-1-3-10(12)9-15(19)18-14-6-2-5-13-11(14)7-8-17-13/h2,5-8,10,12,17H,1,3-4,9,16H2,(H,18,19)/t10-,12+/m0/s1. The highest BCUT2D eigenvalue weighted by Crippen LogP contribution is 2.28. The molecule has 4 nitrogen and oxygen atoms in total. The number of anilines is 1. The van der Waals surface area contributed by atoms with E-state index in [1.807, 2.05) is 30.5 Å². The molecule has 0 saturated heterocycles. The van der Waals surface area contributed by atoms with E-state index in [1.54, 1.807) is 0 Å². The second kappa shape index (κ2) is 5.05. The van der Waals surface area contributed by atoms with Gasteiger partial charge in [0.15, 0.2) is 0 Å². The second-order valence-corrected chi connectivity index (χ2v) is 5.35. The van der Waals surface area contributed by atoms with Crippen LogP contribution in [0.4, 0.5) is 5.69 Å². The van der Waals surface area contributed by atoms with Crippen LogP contribution in [0.1, 0.15) is 25.7 Å². The molecule has 1 aromatic heterocycles. The van der Waals surface area contributed by atoms with Crippen LogP contribution in [0.3, 0.4) is 0 Å². The lowest BCUT2D eigenvalue weighted by molar-refractivity contribution is -0.117. The predicted octanol–water partition coefficient (Wildman–Crippen LogP) is 2.62. The minimum Gasteiger partial charge on any atom is -0.361 e. The number of benzene rings is 1. The van der Waals surface area contributed by atoms with Gasteiger partial charge in [-0.1, -0.05) is 12.5 Å². The SMILES string of the molecule is N[C@@H]1CCC[C@H]1CC(=O)Nc1cccc2[nH]ccc12. The normalized spacial score (nSPS) is 22.8. The maximum Gasteiger partial charge on any atom is 0.224 e. The molecule has 0 unspecified atom stereocenters. The third-order valence-electron chi connectivity index (χ3n) is 4.03. The maximum absolute atomic E-state index is 12.1. The highest BCUT2D eigenvalue weighted by Gasteiger charge is 2.26.